The Morgan fingerprint density at radius 1 is 1.16 bits per heavy atom. The molecule has 0 atom stereocenters. The molecule has 190 valence electrons. The van der Waals surface area contributed by atoms with Gasteiger partial charge in [-0.05, 0) is 68.2 Å². The standard InChI is InChI=1S/C28H26F2N4O3/c1-35-25-10-4-6-20(27(25)36-21-8-2-3-9-21)7-5-15-32-24-16-22(37-28(29)30)12-13-23(24)34-26-14-11-19(17-31)18-33-26/h4-7,10-16,18,21,28H,2-3,8-9H2,1H3,(H,33,34)/b7-5+,32-15?. The van der Waals surface area contributed by atoms with E-state index >= 15 is 0 Å². The van der Waals surface area contributed by atoms with Crippen LogP contribution in [0.1, 0.15) is 36.8 Å². The van der Waals surface area contributed by atoms with Crippen LogP contribution in [-0.4, -0.2) is 31.0 Å². The fourth-order valence-electron chi connectivity index (χ4n) is 3.97. The van der Waals surface area contributed by atoms with Crippen molar-refractivity contribution in [1.82, 2.24) is 4.98 Å². The van der Waals surface area contributed by atoms with E-state index in [1.165, 1.54) is 18.3 Å². The van der Waals surface area contributed by atoms with E-state index in [0.717, 1.165) is 31.2 Å². The predicted molar refractivity (Wildman–Crippen MR) is 138 cm³/mol. The summed E-state index contributed by atoms with van der Waals surface area (Å²) < 4.78 is 41.8. The van der Waals surface area contributed by atoms with Crippen LogP contribution in [0.3, 0.4) is 0 Å². The van der Waals surface area contributed by atoms with Gasteiger partial charge in [0.2, 0.25) is 0 Å². The monoisotopic (exact) mass is 504 g/mol. The lowest BCUT2D eigenvalue weighted by molar-refractivity contribution is -0.0498. The molecular weight excluding hydrogens is 478 g/mol. The fourth-order valence-corrected chi connectivity index (χ4v) is 3.97. The SMILES string of the molecule is COc1cccc(/C=C/C=Nc2cc(OC(F)F)ccc2Nc2ccc(C#N)cn2)c1OC1CCCC1. The number of aliphatic imine (C=N–C) groups is 1. The number of aromatic nitrogens is 1. The first kappa shape index (κ1) is 25.6. The average molecular weight is 505 g/mol. The Balaban J connectivity index is 1.57. The number of hydrogen-bond acceptors (Lipinski definition) is 7. The molecule has 3 aromatic rings. The molecule has 1 aliphatic rings. The number of pyridine rings is 1. The Morgan fingerprint density at radius 2 is 2.00 bits per heavy atom. The van der Waals surface area contributed by atoms with Crippen LogP contribution in [0.15, 0.2) is 65.8 Å². The van der Waals surface area contributed by atoms with Crippen LogP contribution in [0.4, 0.5) is 26.0 Å². The van der Waals surface area contributed by atoms with Crippen LogP contribution < -0.4 is 19.5 Å². The minimum Gasteiger partial charge on any atom is -0.493 e. The van der Waals surface area contributed by atoms with Gasteiger partial charge in [-0.2, -0.15) is 14.0 Å². The van der Waals surface area contributed by atoms with Crippen molar-refractivity contribution >= 4 is 29.5 Å². The number of rotatable bonds is 10. The number of anilines is 2. The van der Waals surface area contributed by atoms with Gasteiger partial charge in [-0.1, -0.05) is 12.1 Å². The fraction of sp³-hybridized carbons (Fsp3) is 0.250. The molecule has 0 spiro atoms. The van der Waals surface area contributed by atoms with Crippen molar-refractivity contribution in [2.45, 2.75) is 38.4 Å². The quantitative estimate of drug-likeness (QED) is 0.298. The highest BCUT2D eigenvalue weighted by molar-refractivity contribution is 5.84. The molecule has 37 heavy (non-hydrogen) atoms. The normalized spacial score (nSPS) is 13.8. The second-order valence-corrected chi connectivity index (χ2v) is 8.27. The number of allylic oxidation sites excluding steroid dienone is 1. The smallest absolute Gasteiger partial charge is 0.387 e. The van der Waals surface area contributed by atoms with Gasteiger partial charge in [-0.25, -0.2) is 4.98 Å². The van der Waals surface area contributed by atoms with E-state index in [9.17, 15) is 8.78 Å². The van der Waals surface area contributed by atoms with Gasteiger partial charge < -0.3 is 19.5 Å². The zero-order valence-electron chi connectivity index (χ0n) is 20.2. The van der Waals surface area contributed by atoms with Gasteiger partial charge in [0.25, 0.3) is 0 Å². The molecule has 0 bridgehead atoms. The first-order valence-electron chi connectivity index (χ1n) is 11.8. The van der Waals surface area contributed by atoms with E-state index in [0.29, 0.717) is 34.3 Å². The van der Waals surface area contributed by atoms with Gasteiger partial charge >= 0.3 is 6.61 Å². The number of benzene rings is 2. The third-order valence-corrected chi connectivity index (χ3v) is 5.74. The van der Waals surface area contributed by atoms with Crippen molar-refractivity contribution in [3.63, 3.8) is 0 Å². The van der Waals surface area contributed by atoms with Crippen molar-refractivity contribution in [3.8, 4) is 23.3 Å². The number of alkyl halides is 2. The van der Waals surface area contributed by atoms with Crippen molar-refractivity contribution in [1.29, 1.82) is 5.26 Å². The molecule has 9 heteroatoms. The van der Waals surface area contributed by atoms with E-state index in [4.69, 9.17) is 14.7 Å². The van der Waals surface area contributed by atoms with Crippen LogP contribution in [-0.2, 0) is 0 Å². The summed E-state index contributed by atoms with van der Waals surface area (Å²) in [5, 5.41) is 12.0. The predicted octanol–water partition coefficient (Wildman–Crippen LogP) is 7.04. The molecule has 1 heterocycles. The summed E-state index contributed by atoms with van der Waals surface area (Å²) in [4.78, 5) is 8.63. The summed E-state index contributed by atoms with van der Waals surface area (Å²) in [6.45, 7) is -2.96. The van der Waals surface area contributed by atoms with Gasteiger partial charge in [0, 0.05) is 24.0 Å². The molecule has 0 unspecified atom stereocenters. The lowest BCUT2D eigenvalue weighted by atomic mass is 10.1. The molecule has 0 aliphatic heterocycles. The number of nitrogens with one attached hydrogen (secondary N) is 1. The van der Waals surface area contributed by atoms with Crippen LogP contribution in [0.2, 0.25) is 0 Å². The van der Waals surface area contributed by atoms with Gasteiger partial charge in [0.15, 0.2) is 11.5 Å². The maximum Gasteiger partial charge on any atom is 0.387 e. The molecule has 0 radical (unpaired) electrons. The van der Waals surface area contributed by atoms with Gasteiger partial charge in [-0.15, -0.1) is 0 Å². The molecule has 1 N–H and O–H groups in total. The first-order chi connectivity index (χ1) is 18.1. The van der Waals surface area contributed by atoms with Crippen molar-refractivity contribution < 1.29 is 23.0 Å². The zero-order valence-corrected chi connectivity index (χ0v) is 20.2. The van der Waals surface area contributed by atoms with Crippen LogP contribution in [0.25, 0.3) is 6.08 Å². The van der Waals surface area contributed by atoms with Gasteiger partial charge in [-0.3, -0.25) is 4.99 Å². The third-order valence-electron chi connectivity index (χ3n) is 5.74. The maximum atomic E-state index is 12.8. The summed E-state index contributed by atoms with van der Waals surface area (Å²) in [7, 11) is 1.61. The highest BCUT2D eigenvalue weighted by Gasteiger charge is 2.19. The lowest BCUT2D eigenvalue weighted by Crippen LogP contribution is -2.12. The third kappa shape index (κ3) is 7.04. The van der Waals surface area contributed by atoms with Gasteiger partial charge in [0.1, 0.15) is 17.6 Å². The molecule has 1 fully saturated rings. The number of methoxy groups -OCH3 is 1. The Kier molecular flexibility index (Phi) is 8.66. The van der Waals surface area contributed by atoms with Crippen molar-refractivity contribution in [2.75, 3.05) is 12.4 Å². The van der Waals surface area contributed by atoms with Crippen molar-refractivity contribution in [3.05, 3.63) is 71.9 Å². The van der Waals surface area contributed by atoms with Crippen molar-refractivity contribution in [2.24, 2.45) is 4.99 Å². The lowest BCUT2D eigenvalue weighted by Gasteiger charge is -2.17. The number of nitriles is 1. The summed E-state index contributed by atoms with van der Waals surface area (Å²) in [5.74, 6) is 1.79. The molecule has 1 aromatic heterocycles. The molecule has 2 aromatic carbocycles. The minimum atomic E-state index is -2.96. The summed E-state index contributed by atoms with van der Waals surface area (Å²) in [6, 6.07) is 15.3. The number of para-hydroxylation sites is 1. The topological polar surface area (TPSA) is 88.8 Å². The number of hydrogen-bond donors (Lipinski definition) is 1. The molecule has 0 saturated heterocycles. The molecule has 0 amide bonds. The van der Waals surface area contributed by atoms with Crippen LogP contribution in [0.5, 0.6) is 17.2 Å². The Bertz CT molecular complexity index is 1300. The summed E-state index contributed by atoms with van der Waals surface area (Å²) in [6.07, 6.45) is 11.1. The highest BCUT2D eigenvalue weighted by Crippen LogP contribution is 2.36. The molecular formula is C28H26F2N4O3. The second kappa shape index (κ2) is 12.5. The maximum absolute atomic E-state index is 12.8. The van der Waals surface area contributed by atoms with E-state index in [2.05, 4.69) is 20.0 Å². The second-order valence-electron chi connectivity index (χ2n) is 8.27. The van der Waals surface area contributed by atoms with Crippen LogP contribution in [0, 0.1) is 11.3 Å². The molecule has 1 saturated carbocycles. The van der Waals surface area contributed by atoms with E-state index in [-0.39, 0.29) is 11.9 Å². The van der Waals surface area contributed by atoms with E-state index in [1.54, 1.807) is 37.6 Å². The van der Waals surface area contributed by atoms with E-state index in [1.807, 2.05) is 30.3 Å². The first-order valence-corrected chi connectivity index (χ1v) is 11.8. The largest absolute Gasteiger partial charge is 0.493 e. The number of ether oxygens (including phenoxy) is 3. The van der Waals surface area contributed by atoms with Gasteiger partial charge in [0.05, 0.1) is 30.2 Å². The Labute approximate surface area is 214 Å². The highest BCUT2D eigenvalue weighted by atomic mass is 19.3. The Hall–Kier alpha value is -4.45. The molecule has 4 rings (SSSR count). The summed E-state index contributed by atoms with van der Waals surface area (Å²) in [5.41, 5.74) is 2.15. The molecule has 7 nitrogen and oxygen atoms in total. The number of nitrogens with zero attached hydrogens (tertiary/aromatic N) is 3. The Morgan fingerprint density at radius 3 is 2.70 bits per heavy atom. The molecule has 1 aliphatic carbocycles. The van der Waals surface area contributed by atoms with E-state index < -0.39 is 6.61 Å². The average Bonchev–Trinajstić information content (AvgIpc) is 3.42. The zero-order chi connectivity index (χ0) is 26.0. The summed E-state index contributed by atoms with van der Waals surface area (Å²) >= 11 is 0. The number of halogens is 2. The minimum absolute atomic E-state index is 0.0236. The van der Waals surface area contributed by atoms with Crippen LogP contribution >= 0.6 is 0 Å².